The molecule has 0 bridgehead atoms. The molecule has 7 heteroatoms. The van der Waals surface area contributed by atoms with Crippen LogP contribution in [-0.2, 0) is 4.74 Å². The molecule has 0 radical (unpaired) electrons. The predicted molar refractivity (Wildman–Crippen MR) is 65.4 cm³/mol. The van der Waals surface area contributed by atoms with Gasteiger partial charge < -0.3 is 30.2 Å². The van der Waals surface area contributed by atoms with Gasteiger partial charge in [-0.05, 0) is 19.9 Å². The quantitative estimate of drug-likeness (QED) is 0.514. The Morgan fingerprint density at radius 1 is 1.47 bits per heavy atom. The van der Waals surface area contributed by atoms with Crippen molar-refractivity contribution < 1.29 is 29.3 Å². The van der Waals surface area contributed by atoms with Gasteiger partial charge in [0, 0.05) is 6.54 Å². The molecule has 0 aliphatic carbocycles. The van der Waals surface area contributed by atoms with Crippen molar-refractivity contribution in [3.05, 3.63) is 23.2 Å². The standard InChI is InChI=1S/C12H19NO6/c1-3-18-12(17)7-4-9(19-6(7)2)11(16)10(15)8(14)5-13/h4,8,10-11,14-16H,3,5,13H2,1-2H3/t8-,10-,11-/m1/s1. The Labute approximate surface area is 110 Å². The monoisotopic (exact) mass is 273 g/mol. The van der Waals surface area contributed by atoms with Crippen molar-refractivity contribution in [2.45, 2.75) is 32.2 Å². The average molecular weight is 273 g/mol. The summed E-state index contributed by atoms with van der Waals surface area (Å²) in [6.45, 7) is 3.22. The summed E-state index contributed by atoms with van der Waals surface area (Å²) < 4.78 is 10.0. The third kappa shape index (κ3) is 3.54. The number of esters is 1. The number of furan rings is 1. The highest BCUT2D eigenvalue weighted by atomic mass is 16.5. The fourth-order valence-electron chi connectivity index (χ4n) is 1.58. The number of carbonyl (C=O) groups excluding carboxylic acids is 1. The summed E-state index contributed by atoms with van der Waals surface area (Å²) in [6, 6.07) is 1.28. The minimum Gasteiger partial charge on any atom is -0.463 e. The first-order valence-corrected chi connectivity index (χ1v) is 5.94. The molecule has 19 heavy (non-hydrogen) atoms. The second-order valence-electron chi connectivity index (χ2n) is 4.08. The summed E-state index contributed by atoms with van der Waals surface area (Å²) >= 11 is 0. The number of ether oxygens (including phenoxy) is 1. The van der Waals surface area contributed by atoms with Crippen molar-refractivity contribution >= 4 is 5.97 Å². The van der Waals surface area contributed by atoms with E-state index in [2.05, 4.69) is 0 Å². The Balaban J connectivity index is 2.91. The fourth-order valence-corrected chi connectivity index (χ4v) is 1.58. The van der Waals surface area contributed by atoms with Gasteiger partial charge in [0.05, 0.1) is 12.7 Å². The highest BCUT2D eigenvalue weighted by Crippen LogP contribution is 2.25. The minimum atomic E-state index is -1.49. The van der Waals surface area contributed by atoms with E-state index in [4.69, 9.17) is 14.9 Å². The van der Waals surface area contributed by atoms with Crippen LogP contribution in [0.3, 0.4) is 0 Å². The van der Waals surface area contributed by atoms with E-state index < -0.39 is 24.3 Å². The van der Waals surface area contributed by atoms with Gasteiger partial charge in [0.25, 0.3) is 0 Å². The van der Waals surface area contributed by atoms with Gasteiger partial charge in [-0.3, -0.25) is 0 Å². The zero-order valence-electron chi connectivity index (χ0n) is 10.9. The molecule has 0 spiro atoms. The Hall–Kier alpha value is -1.41. The number of carbonyl (C=O) groups is 1. The number of hydrogen-bond acceptors (Lipinski definition) is 7. The summed E-state index contributed by atoms with van der Waals surface area (Å²) in [4.78, 5) is 11.6. The molecular weight excluding hydrogens is 254 g/mol. The summed E-state index contributed by atoms with van der Waals surface area (Å²) in [7, 11) is 0. The molecule has 0 fully saturated rings. The second kappa shape index (κ2) is 6.67. The lowest BCUT2D eigenvalue weighted by Gasteiger charge is -2.19. The molecule has 5 N–H and O–H groups in total. The molecule has 0 amide bonds. The van der Waals surface area contributed by atoms with Crippen LogP contribution in [0.5, 0.6) is 0 Å². The smallest absolute Gasteiger partial charge is 0.341 e. The van der Waals surface area contributed by atoms with Crippen molar-refractivity contribution in [1.29, 1.82) is 0 Å². The third-order valence-corrected chi connectivity index (χ3v) is 2.68. The van der Waals surface area contributed by atoms with Crippen LogP contribution in [0.25, 0.3) is 0 Å². The van der Waals surface area contributed by atoms with Crippen LogP contribution in [0.15, 0.2) is 10.5 Å². The van der Waals surface area contributed by atoms with Crippen LogP contribution in [0, 0.1) is 6.92 Å². The number of aryl methyl sites for hydroxylation is 1. The maximum Gasteiger partial charge on any atom is 0.341 e. The van der Waals surface area contributed by atoms with E-state index in [0.717, 1.165) is 0 Å². The van der Waals surface area contributed by atoms with Gasteiger partial charge in [-0.2, -0.15) is 0 Å². The first kappa shape index (κ1) is 15.6. The molecule has 1 aromatic rings. The molecule has 108 valence electrons. The highest BCUT2D eigenvalue weighted by Gasteiger charge is 2.29. The SMILES string of the molecule is CCOC(=O)c1cc([C@@H](O)[C@H](O)[C@H](O)CN)oc1C. The fraction of sp³-hybridized carbons (Fsp3) is 0.583. The average Bonchev–Trinajstić information content (AvgIpc) is 2.78. The molecule has 0 saturated heterocycles. The summed E-state index contributed by atoms with van der Waals surface area (Å²) in [6.07, 6.45) is -4.25. The molecule has 1 aromatic heterocycles. The largest absolute Gasteiger partial charge is 0.463 e. The van der Waals surface area contributed by atoms with Crippen molar-refractivity contribution in [3.63, 3.8) is 0 Å². The van der Waals surface area contributed by atoms with Gasteiger partial charge in [0.1, 0.15) is 29.3 Å². The Morgan fingerprint density at radius 3 is 2.63 bits per heavy atom. The van der Waals surface area contributed by atoms with Crippen LogP contribution in [0.1, 0.15) is 34.9 Å². The first-order chi connectivity index (χ1) is 8.92. The Bertz CT molecular complexity index is 430. The molecule has 0 unspecified atom stereocenters. The lowest BCUT2D eigenvalue weighted by atomic mass is 10.1. The predicted octanol–water partition coefficient (Wildman–Crippen LogP) is -0.521. The van der Waals surface area contributed by atoms with Crippen LogP contribution in [0.2, 0.25) is 0 Å². The van der Waals surface area contributed by atoms with Gasteiger partial charge in [-0.15, -0.1) is 0 Å². The number of aliphatic hydroxyl groups is 3. The van der Waals surface area contributed by atoms with Gasteiger partial charge in [-0.1, -0.05) is 0 Å². The molecule has 0 saturated carbocycles. The van der Waals surface area contributed by atoms with E-state index in [1.807, 2.05) is 0 Å². The van der Waals surface area contributed by atoms with Crippen LogP contribution >= 0.6 is 0 Å². The molecule has 0 aliphatic heterocycles. The number of nitrogens with two attached hydrogens (primary N) is 1. The Morgan fingerprint density at radius 2 is 2.11 bits per heavy atom. The summed E-state index contributed by atoms with van der Waals surface area (Å²) in [5.74, 6) is -0.335. The van der Waals surface area contributed by atoms with Crippen LogP contribution in [-0.4, -0.2) is 46.6 Å². The zero-order valence-corrected chi connectivity index (χ0v) is 10.9. The van der Waals surface area contributed by atoms with E-state index in [9.17, 15) is 20.1 Å². The first-order valence-electron chi connectivity index (χ1n) is 5.94. The molecule has 0 aliphatic rings. The topological polar surface area (TPSA) is 126 Å². The number of rotatable bonds is 6. The van der Waals surface area contributed by atoms with E-state index in [-0.39, 0.29) is 30.2 Å². The van der Waals surface area contributed by atoms with E-state index in [1.165, 1.54) is 13.0 Å². The lowest BCUT2D eigenvalue weighted by molar-refractivity contribution is -0.0642. The highest BCUT2D eigenvalue weighted by molar-refractivity contribution is 5.90. The van der Waals surface area contributed by atoms with Gasteiger partial charge >= 0.3 is 5.97 Å². The van der Waals surface area contributed by atoms with Gasteiger partial charge in [0.2, 0.25) is 0 Å². The van der Waals surface area contributed by atoms with Gasteiger partial charge in [-0.25, -0.2) is 4.79 Å². The second-order valence-corrected chi connectivity index (χ2v) is 4.08. The maximum atomic E-state index is 11.6. The summed E-state index contributed by atoms with van der Waals surface area (Å²) in [5, 5.41) is 28.8. The maximum absolute atomic E-state index is 11.6. The van der Waals surface area contributed by atoms with E-state index >= 15 is 0 Å². The van der Waals surface area contributed by atoms with Crippen molar-refractivity contribution in [3.8, 4) is 0 Å². The molecule has 1 heterocycles. The van der Waals surface area contributed by atoms with Crippen molar-refractivity contribution in [1.82, 2.24) is 0 Å². The normalized spacial score (nSPS) is 15.9. The van der Waals surface area contributed by atoms with E-state index in [1.54, 1.807) is 6.92 Å². The number of hydrogen-bond donors (Lipinski definition) is 4. The van der Waals surface area contributed by atoms with Crippen LogP contribution < -0.4 is 5.73 Å². The van der Waals surface area contributed by atoms with Crippen LogP contribution in [0.4, 0.5) is 0 Å². The molecule has 1 rings (SSSR count). The minimum absolute atomic E-state index is 0.0273. The van der Waals surface area contributed by atoms with Gasteiger partial charge in [0.15, 0.2) is 0 Å². The van der Waals surface area contributed by atoms with E-state index in [0.29, 0.717) is 0 Å². The van der Waals surface area contributed by atoms with Crippen molar-refractivity contribution in [2.75, 3.05) is 13.2 Å². The molecule has 3 atom stereocenters. The molecular formula is C12H19NO6. The number of aliphatic hydroxyl groups excluding tert-OH is 3. The van der Waals surface area contributed by atoms with Crippen molar-refractivity contribution in [2.24, 2.45) is 5.73 Å². The Kier molecular flexibility index (Phi) is 5.49. The molecule has 0 aromatic carbocycles. The third-order valence-electron chi connectivity index (χ3n) is 2.68. The molecule has 7 nitrogen and oxygen atoms in total. The summed E-state index contributed by atoms with van der Waals surface area (Å²) in [5.41, 5.74) is 5.36. The lowest BCUT2D eigenvalue weighted by Crippen LogP contribution is -2.37. The zero-order chi connectivity index (χ0) is 14.6.